The summed E-state index contributed by atoms with van der Waals surface area (Å²) < 4.78 is 16.4. The topological polar surface area (TPSA) is 44.8 Å². The number of carbonyl (C=O) groups is 1. The van der Waals surface area contributed by atoms with Gasteiger partial charge in [0.05, 0.1) is 12.9 Å². The predicted octanol–water partition coefficient (Wildman–Crippen LogP) is 3.65. The molecule has 0 fully saturated rings. The molecule has 4 nitrogen and oxygen atoms in total. The van der Waals surface area contributed by atoms with Gasteiger partial charge in [0.15, 0.2) is 0 Å². The van der Waals surface area contributed by atoms with Crippen LogP contribution in [0.15, 0.2) is 23.7 Å². The largest absolute Gasteiger partial charge is 0.547 e. The van der Waals surface area contributed by atoms with Crippen molar-refractivity contribution in [3.63, 3.8) is 0 Å². The first-order valence-corrected chi connectivity index (χ1v) is 13.1. The Bertz CT molecular complexity index is 386. The highest BCUT2D eigenvalue weighted by Gasteiger charge is 2.27. The molecule has 0 rings (SSSR count). The zero-order chi connectivity index (χ0) is 15.4. The van der Waals surface area contributed by atoms with Crippen LogP contribution in [0.2, 0.25) is 39.3 Å². The van der Waals surface area contributed by atoms with E-state index in [0.717, 1.165) is 0 Å². The first-order valence-electron chi connectivity index (χ1n) is 6.24. The predicted molar refractivity (Wildman–Crippen MR) is 82.7 cm³/mol. The number of allylic oxidation sites excluding steroid dienone is 1. The summed E-state index contributed by atoms with van der Waals surface area (Å²) in [5.74, 6) is 0.384. The van der Waals surface area contributed by atoms with Gasteiger partial charge in [-0.3, -0.25) is 0 Å². The lowest BCUT2D eigenvalue weighted by Gasteiger charge is -2.25. The summed E-state index contributed by atoms with van der Waals surface area (Å²) in [5, 5.41) is 0. The quantitative estimate of drug-likeness (QED) is 0.247. The molecule has 0 radical (unpaired) electrons. The average Bonchev–Trinajstić information content (AvgIpc) is 2.11. The number of carbonyl (C=O) groups excluding carboxylic acids is 1. The summed E-state index contributed by atoms with van der Waals surface area (Å²) >= 11 is 0. The van der Waals surface area contributed by atoms with Crippen LogP contribution in [-0.2, 0) is 18.4 Å². The molecular formula is C13H26O4Si2. The molecule has 0 saturated heterocycles. The molecule has 0 N–H and O–H groups in total. The normalized spacial score (nSPS) is 13.5. The van der Waals surface area contributed by atoms with E-state index in [1.165, 1.54) is 7.11 Å². The van der Waals surface area contributed by atoms with Crippen molar-refractivity contribution in [1.29, 1.82) is 0 Å². The molecule has 6 heteroatoms. The van der Waals surface area contributed by atoms with Gasteiger partial charge in [-0.2, -0.15) is 0 Å². The monoisotopic (exact) mass is 302 g/mol. The van der Waals surface area contributed by atoms with Crippen LogP contribution in [0.25, 0.3) is 0 Å². The minimum absolute atomic E-state index is 0.298. The third-order valence-corrected chi connectivity index (χ3v) is 3.69. The molecule has 0 spiro atoms. The number of rotatable bonds is 6. The Kier molecular flexibility index (Phi) is 6.08. The fourth-order valence-corrected chi connectivity index (χ4v) is 3.35. The van der Waals surface area contributed by atoms with Crippen LogP contribution >= 0.6 is 0 Å². The van der Waals surface area contributed by atoms with E-state index in [-0.39, 0.29) is 0 Å². The maximum Gasteiger partial charge on any atom is 0.344 e. The van der Waals surface area contributed by atoms with Gasteiger partial charge < -0.3 is 13.6 Å². The molecule has 0 aromatic carbocycles. The van der Waals surface area contributed by atoms with Gasteiger partial charge in [-0.05, 0) is 46.2 Å². The van der Waals surface area contributed by atoms with Gasteiger partial charge in [-0.1, -0.05) is 6.58 Å². The molecule has 110 valence electrons. The highest BCUT2D eigenvalue weighted by Crippen LogP contribution is 2.23. The molecule has 0 aliphatic rings. The second kappa shape index (κ2) is 6.43. The van der Waals surface area contributed by atoms with Gasteiger partial charge in [0.25, 0.3) is 0 Å². The highest BCUT2D eigenvalue weighted by molar-refractivity contribution is 6.70. The van der Waals surface area contributed by atoms with Gasteiger partial charge in [-0.15, -0.1) is 0 Å². The maximum absolute atomic E-state index is 11.9. The Morgan fingerprint density at radius 2 is 1.37 bits per heavy atom. The standard InChI is InChI=1S/C13H26O4Si2/c1-10(16-18(4,5)6)12(13(14)15-3)11(2)17-19(7,8)9/h1H2,2-9H3. The van der Waals surface area contributed by atoms with Crippen molar-refractivity contribution < 1.29 is 18.4 Å². The fraction of sp³-hybridized carbons (Fsp3) is 0.615. The van der Waals surface area contributed by atoms with Gasteiger partial charge in [0.1, 0.15) is 11.3 Å². The van der Waals surface area contributed by atoms with Crippen LogP contribution in [0, 0.1) is 0 Å². The van der Waals surface area contributed by atoms with E-state index < -0.39 is 22.6 Å². The van der Waals surface area contributed by atoms with Gasteiger partial charge in [0.2, 0.25) is 16.6 Å². The number of hydrogen-bond donors (Lipinski definition) is 0. The van der Waals surface area contributed by atoms with Crippen LogP contribution in [0.3, 0.4) is 0 Å². The lowest BCUT2D eigenvalue weighted by molar-refractivity contribution is -0.136. The van der Waals surface area contributed by atoms with E-state index >= 15 is 0 Å². The van der Waals surface area contributed by atoms with Crippen molar-refractivity contribution in [2.24, 2.45) is 0 Å². The third-order valence-electron chi connectivity index (χ3n) is 1.91. The minimum Gasteiger partial charge on any atom is -0.547 e. The fourth-order valence-electron chi connectivity index (χ4n) is 1.49. The molecule has 0 unspecified atom stereocenters. The van der Waals surface area contributed by atoms with Gasteiger partial charge in [0, 0.05) is 0 Å². The molecule has 0 amide bonds. The van der Waals surface area contributed by atoms with Crippen molar-refractivity contribution in [3.8, 4) is 0 Å². The molecule has 0 aliphatic heterocycles. The molecule has 0 saturated carbocycles. The first kappa shape index (κ1) is 18.0. The second-order valence-electron chi connectivity index (χ2n) is 6.27. The van der Waals surface area contributed by atoms with Crippen molar-refractivity contribution in [1.82, 2.24) is 0 Å². The van der Waals surface area contributed by atoms with Crippen LogP contribution in [0.1, 0.15) is 6.92 Å². The molecule has 0 bridgehead atoms. The smallest absolute Gasteiger partial charge is 0.344 e. The molecule has 0 aliphatic carbocycles. The van der Waals surface area contributed by atoms with Crippen LogP contribution in [-0.4, -0.2) is 29.7 Å². The summed E-state index contributed by atoms with van der Waals surface area (Å²) in [6.07, 6.45) is 0. The molecular weight excluding hydrogens is 276 g/mol. The molecule has 0 heterocycles. The van der Waals surface area contributed by atoms with E-state index in [1.807, 2.05) is 39.3 Å². The van der Waals surface area contributed by atoms with Gasteiger partial charge >= 0.3 is 5.97 Å². The minimum atomic E-state index is -1.83. The number of ether oxygens (including phenoxy) is 1. The summed E-state index contributed by atoms with van der Waals surface area (Å²) in [4.78, 5) is 11.9. The third kappa shape index (κ3) is 7.22. The van der Waals surface area contributed by atoms with E-state index in [0.29, 0.717) is 17.1 Å². The Balaban J connectivity index is 5.39. The lowest BCUT2D eigenvalue weighted by atomic mass is 10.2. The van der Waals surface area contributed by atoms with Crippen molar-refractivity contribution in [2.45, 2.75) is 46.2 Å². The molecule has 0 aromatic rings. The highest BCUT2D eigenvalue weighted by atomic mass is 28.4. The van der Waals surface area contributed by atoms with Crippen molar-refractivity contribution in [2.75, 3.05) is 7.11 Å². The van der Waals surface area contributed by atoms with Crippen molar-refractivity contribution >= 4 is 22.6 Å². The number of methoxy groups -OCH3 is 1. The first-order chi connectivity index (χ1) is 8.37. The van der Waals surface area contributed by atoms with E-state index in [9.17, 15) is 4.79 Å². The van der Waals surface area contributed by atoms with E-state index in [1.54, 1.807) is 6.92 Å². The zero-order valence-corrected chi connectivity index (χ0v) is 15.3. The maximum atomic E-state index is 11.9. The molecule has 19 heavy (non-hydrogen) atoms. The van der Waals surface area contributed by atoms with E-state index in [4.69, 9.17) is 13.6 Å². The summed E-state index contributed by atoms with van der Waals surface area (Å²) in [7, 11) is -2.29. The second-order valence-corrected chi connectivity index (χ2v) is 15.1. The Morgan fingerprint density at radius 3 is 1.68 bits per heavy atom. The zero-order valence-electron chi connectivity index (χ0n) is 13.3. The van der Waals surface area contributed by atoms with Gasteiger partial charge in [-0.25, -0.2) is 4.79 Å². The SMILES string of the molecule is C=C(O[Si](C)(C)C)C(C(=O)OC)=C(C)O[Si](C)(C)C. The number of esters is 1. The number of hydrogen-bond acceptors (Lipinski definition) is 4. The van der Waals surface area contributed by atoms with Crippen LogP contribution in [0.5, 0.6) is 0 Å². The Labute approximate surface area is 118 Å². The average molecular weight is 303 g/mol. The molecule has 0 aromatic heterocycles. The van der Waals surface area contributed by atoms with Crippen LogP contribution in [0.4, 0.5) is 0 Å². The summed E-state index contributed by atoms with van der Waals surface area (Å²) in [6, 6.07) is 0. The van der Waals surface area contributed by atoms with E-state index in [2.05, 4.69) is 6.58 Å². The van der Waals surface area contributed by atoms with Crippen molar-refractivity contribution in [3.05, 3.63) is 23.7 Å². The summed E-state index contributed by atoms with van der Waals surface area (Å²) in [6.45, 7) is 17.8. The van der Waals surface area contributed by atoms with Crippen LogP contribution < -0.4 is 0 Å². The summed E-state index contributed by atoms with van der Waals surface area (Å²) in [5.41, 5.74) is 0.298. The lowest BCUT2D eigenvalue weighted by Crippen LogP contribution is -2.29. The molecule has 0 atom stereocenters. The Hall–Kier alpha value is -1.02. The Morgan fingerprint density at radius 1 is 0.947 bits per heavy atom.